The first kappa shape index (κ1) is 31.1. The summed E-state index contributed by atoms with van der Waals surface area (Å²) in [5.74, 6) is -3.69. The Kier molecular flexibility index (Phi) is 11.2. The molecule has 0 radical (unpaired) electrons. The van der Waals surface area contributed by atoms with E-state index in [1.54, 1.807) is 24.3 Å². The molecule has 0 saturated heterocycles. The zero-order valence-corrected chi connectivity index (χ0v) is 21.8. The van der Waals surface area contributed by atoms with Gasteiger partial charge in [-0.2, -0.15) is 0 Å². The molecule has 0 spiro atoms. The summed E-state index contributed by atoms with van der Waals surface area (Å²) in [6, 6.07) is 9.79. The maximum Gasteiger partial charge on any atom is 0.317 e. The summed E-state index contributed by atoms with van der Waals surface area (Å²) in [5, 5.41) is 40.8. The van der Waals surface area contributed by atoms with Crippen LogP contribution in [-0.4, -0.2) is 113 Å². The number of ether oxygens (including phenoxy) is 2. The number of fused-ring (bicyclic) bond motifs is 3. The Labute approximate surface area is 232 Å². The van der Waals surface area contributed by atoms with Crippen LogP contribution in [0.1, 0.15) is 11.7 Å². The Balaban J connectivity index is 1.85. The van der Waals surface area contributed by atoms with Gasteiger partial charge in [0.25, 0.3) is 5.69 Å². The van der Waals surface area contributed by atoms with Crippen LogP contribution in [0.3, 0.4) is 0 Å². The number of carboxylic acid groups (broad SMARTS) is 3. The molecule has 0 aliphatic rings. The smallest absolute Gasteiger partial charge is 0.317 e. The van der Waals surface area contributed by atoms with Gasteiger partial charge in [-0.25, -0.2) is 0 Å². The maximum absolute atomic E-state index is 12.0. The fraction of sp³-hybridized carbons (Fsp3) is 0.385. The van der Waals surface area contributed by atoms with Crippen LogP contribution in [0.2, 0.25) is 0 Å². The van der Waals surface area contributed by atoms with Crippen molar-refractivity contribution in [2.45, 2.75) is 6.10 Å². The lowest BCUT2D eigenvalue weighted by Crippen LogP contribution is -2.38. The normalized spacial score (nSPS) is 12.2. The second kappa shape index (κ2) is 14.8. The molecule has 1 atom stereocenters. The van der Waals surface area contributed by atoms with Gasteiger partial charge in [-0.05, 0) is 12.1 Å². The van der Waals surface area contributed by atoms with Crippen LogP contribution in [0, 0.1) is 10.1 Å². The van der Waals surface area contributed by atoms with Crippen molar-refractivity contribution < 1.29 is 53.3 Å². The lowest BCUT2D eigenvalue weighted by molar-refractivity contribution is -0.386. The quantitative estimate of drug-likeness (QED) is 0.0803. The van der Waals surface area contributed by atoms with Crippen molar-refractivity contribution in [2.75, 3.05) is 59.1 Å². The van der Waals surface area contributed by atoms with Crippen molar-refractivity contribution >= 4 is 51.8 Å². The highest BCUT2D eigenvalue weighted by molar-refractivity contribution is 6.05. The Morgan fingerprint density at radius 2 is 1.59 bits per heavy atom. The van der Waals surface area contributed by atoms with Crippen LogP contribution < -0.4 is 0 Å². The van der Waals surface area contributed by atoms with Crippen LogP contribution in [0.15, 0.2) is 40.8 Å². The van der Waals surface area contributed by atoms with E-state index in [4.69, 9.17) is 19.0 Å². The van der Waals surface area contributed by atoms with E-state index in [9.17, 15) is 39.5 Å². The summed E-state index contributed by atoms with van der Waals surface area (Å²) in [4.78, 5) is 58.3. The van der Waals surface area contributed by atoms with Gasteiger partial charge in [-0.3, -0.25) is 34.3 Å². The molecule has 0 fully saturated rings. The molecule has 2 aromatic carbocycles. The Morgan fingerprint density at radius 3 is 2.22 bits per heavy atom. The van der Waals surface area contributed by atoms with Gasteiger partial charge in [0.05, 0.1) is 62.6 Å². The van der Waals surface area contributed by atoms with Crippen molar-refractivity contribution in [1.82, 2.24) is 9.80 Å². The topological polar surface area (TPSA) is 210 Å². The van der Waals surface area contributed by atoms with Gasteiger partial charge in [0.15, 0.2) is 0 Å². The summed E-state index contributed by atoms with van der Waals surface area (Å²) < 4.78 is 17.2. The molecule has 0 aliphatic carbocycles. The fourth-order valence-corrected chi connectivity index (χ4v) is 4.31. The predicted molar refractivity (Wildman–Crippen MR) is 142 cm³/mol. The number of hydrogen-bond acceptors (Lipinski definition) is 11. The second-order valence-corrected chi connectivity index (χ2v) is 8.99. The number of aldehydes is 1. The second-order valence-electron chi connectivity index (χ2n) is 8.99. The summed E-state index contributed by atoms with van der Waals surface area (Å²) >= 11 is 0. The zero-order chi connectivity index (χ0) is 29.9. The van der Waals surface area contributed by atoms with Gasteiger partial charge in [-0.1, -0.05) is 18.2 Å². The molecular weight excluding hydrogens is 546 g/mol. The molecule has 41 heavy (non-hydrogen) atoms. The predicted octanol–water partition coefficient (Wildman–Crippen LogP) is 1.63. The number of rotatable bonds is 19. The Hall–Kier alpha value is -4.44. The van der Waals surface area contributed by atoms with E-state index < -0.39 is 42.0 Å². The number of carboxylic acids is 3. The lowest BCUT2D eigenvalue weighted by Gasteiger charge is -2.25. The number of nitrogens with zero attached hydrogens (tertiary/aromatic N) is 3. The van der Waals surface area contributed by atoms with Gasteiger partial charge >= 0.3 is 17.9 Å². The first-order chi connectivity index (χ1) is 19.6. The molecule has 0 saturated carbocycles. The first-order valence-electron chi connectivity index (χ1n) is 12.4. The molecular formula is C26H29N3O12. The van der Waals surface area contributed by atoms with E-state index in [1.807, 2.05) is 0 Å². The molecule has 0 amide bonds. The van der Waals surface area contributed by atoms with Crippen molar-refractivity contribution in [1.29, 1.82) is 0 Å². The minimum atomic E-state index is -1.29. The standard InChI is InChI=1S/C26H29N3O12/c30-7-5-27(14-24(31)32)6-8-39-9-10-40-23(13-28(15-25(33)34)16-26(35)36)19-11-18-17-3-1-2-4-21(17)41-22(18)12-20(19)29(37)38/h1-4,7,11-12,23H,5-6,8-10,13-16H2,(H,31,32)(H,33,34)(H,35,36). The fourth-order valence-electron chi connectivity index (χ4n) is 4.31. The third-order valence-electron chi connectivity index (χ3n) is 6.00. The van der Waals surface area contributed by atoms with Crippen LogP contribution in [0.25, 0.3) is 21.9 Å². The molecule has 3 aromatic rings. The summed E-state index contributed by atoms with van der Waals surface area (Å²) in [5.41, 5.74) is 0.502. The number of aliphatic carboxylic acids is 3. The Bertz CT molecular complexity index is 1390. The van der Waals surface area contributed by atoms with Crippen LogP contribution in [0.5, 0.6) is 0 Å². The number of carbonyl (C=O) groups excluding carboxylic acids is 1. The Morgan fingerprint density at radius 1 is 0.927 bits per heavy atom. The number of carbonyl (C=O) groups is 4. The van der Waals surface area contributed by atoms with Crippen molar-refractivity contribution in [3.63, 3.8) is 0 Å². The summed E-state index contributed by atoms with van der Waals surface area (Å²) in [6.07, 6.45) is -0.557. The molecule has 0 aliphatic heterocycles. The molecule has 0 bridgehead atoms. The number of nitro benzene ring substituents is 1. The van der Waals surface area contributed by atoms with Crippen LogP contribution in [-0.2, 0) is 28.7 Å². The number of furan rings is 1. The largest absolute Gasteiger partial charge is 0.480 e. The molecule has 1 heterocycles. The molecule has 1 aromatic heterocycles. The van der Waals surface area contributed by atoms with Crippen molar-refractivity contribution in [3.05, 3.63) is 52.1 Å². The molecule has 3 N–H and O–H groups in total. The average Bonchev–Trinajstić information content (AvgIpc) is 3.25. The van der Waals surface area contributed by atoms with Gasteiger partial charge in [0.1, 0.15) is 23.6 Å². The number of nitro groups is 1. The van der Waals surface area contributed by atoms with Crippen LogP contribution in [0.4, 0.5) is 5.69 Å². The number of hydrogen-bond donors (Lipinski definition) is 3. The SMILES string of the molecule is O=CCN(CCOCCOC(CN(CC(=O)O)CC(=O)O)c1cc2c(cc1[N+](=O)[O-])oc1ccccc12)CC(=O)O. The van der Waals surface area contributed by atoms with Gasteiger partial charge in [0, 0.05) is 23.9 Å². The maximum atomic E-state index is 12.0. The van der Waals surface area contributed by atoms with E-state index in [0.29, 0.717) is 22.6 Å². The highest BCUT2D eigenvalue weighted by atomic mass is 16.6. The monoisotopic (exact) mass is 575 g/mol. The van der Waals surface area contributed by atoms with Gasteiger partial charge < -0.3 is 34.0 Å². The van der Waals surface area contributed by atoms with Gasteiger partial charge in [-0.15, -0.1) is 0 Å². The van der Waals surface area contributed by atoms with Crippen molar-refractivity contribution in [3.8, 4) is 0 Å². The number of para-hydroxylation sites is 1. The first-order valence-corrected chi connectivity index (χ1v) is 12.4. The molecule has 15 heteroatoms. The summed E-state index contributed by atoms with van der Waals surface area (Å²) in [6.45, 7) is -1.97. The van der Waals surface area contributed by atoms with E-state index >= 15 is 0 Å². The third kappa shape index (κ3) is 9.04. The van der Waals surface area contributed by atoms with E-state index in [2.05, 4.69) is 0 Å². The number of benzene rings is 2. The minimum Gasteiger partial charge on any atom is -0.480 e. The van der Waals surface area contributed by atoms with Crippen molar-refractivity contribution in [2.24, 2.45) is 0 Å². The minimum absolute atomic E-state index is 0.0267. The van der Waals surface area contributed by atoms with E-state index in [1.165, 1.54) is 17.0 Å². The molecule has 15 nitrogen and oxygen atoms in total. The van der Waals surface area contributed by atoms with Gasteiger partial charge in [0.2, 0.25) is 0 Å². The van der Waals surface area contributed by atoms with E-state index in [0.717, 1.165) is 4.90 Å². The van der Waals surface area contributed by atoms with Crippen LogP contribution >= 0.6 is 0 Å². The molecule has 220 valence electrons. The highest BCUT2D eigenvalue weighted by Crippen LogP contribution is 2.37. The molecule has 1 unspecified atom stereocenters. The summed E-state index contributed by atoms with van der Waals surface area (Å²) in [7, 11) is 0. The zero-order valence-electron chi connectivity index (χ0n) is 21.8. The average molecular weight is 576 g/mol. The van der Waals surface area contributed by atoms with E-state index in [-0.39, 0.29) is 62.8 Å². The highest BCUT2D eigenvalue weighted by Gasteiger charge is 2.29. The lowest BCUT2D eigenvalue weighted by atomic mass is 10.0. The molecule has 3 rings (SSSR count). The third-order valence-corrected chi connectivity index (χ3v) is 6.00.